The molecule has 0 radical (unpaired) electrons. The summed E-state index contributed by atoms with van der Waals surface area (Å²) in [7, 11) is 0. The van der Waals surface area contributed by atoms with E-state index in [4.69, 9.17) is 5.11 Å². The molecule has 0 spiro atoms. The van der Waals surface area contributed by atoms with Crippen molar-refractivity contribution in [3.63, 3.8) is 0 Å². The fraction of sp³-hybridized carbons (Fsp3) is 0.636. The highest BCUT2D eigenvalue weighted by Crippen LogP contribution is 2.27. The summed E-state index contributed by atoms with van der Waals surface area (Å²) in [6, 6.07) is 0. The molecule has 66 valence electrons. The molecule has 0 heterocycles. The van der Waals surface area contributed by atoms with E-state index in [0.29, 0.717) is 11.8 Å². The van der Waals surface area contributed by atoms with Crippen LogP contribution in [0.25, 0.3) is 0 Å². The van der Waals surface area contributed by atoms with Gasteiger partial charge in [-0.25, -0.2) is 0 Å². The van der Waals surface area contributed by atoms with Crippen LogP contribution in [-0.2, 0) is 0 Å². The van der Waals surface area contributed by atoms with E-state index in [9.17, 15) is 0 Å². The molecular formula is C11H16O. The fourth-order valence-electron chi connectivity index (χ4n) is 1.55. The zero-order chi connectivity index (χ0) is 8.81. The lowest BCUT2D eigenvalue weighted by molar-refractivity contribution is 0.251. The van der Waals surface area contributed by atoms with Crippen LogP contribution in [-0.4, -0.2) is 11.7 Å². The Balaban J connectivity index is 2.45. The van der Waals surface area contributed by atoms with Gasteiger partial charge in [-0.2, -0.15) is 0 Å². The maximum atomic E-state index is 8.79. The van der Waals surface area contributed by atoms with Crippen LogP contribution in [0.1, 0.15) is 26.2 Å². The average Bonchev–Trinajstić information content (AvgIpc) is 2.50. The standard InChI is InChI=1S/C11H16O/c1-2-3-5-10-6-4-7-11(10)8-9-12/h4,6,10-12H,2,7-9H2,1H3/t10-,11-/m1/s1. The molecule has 1 heteroatoms. The molecule has 0 fully saturated rings. The van der Waals surface area contributed by atoms with Gasteiger partial charge in [0.05, 0.1) is 0 Å². The summed E-state index contributed by atoms with van der Waals surface area (Å²) in [5.41, 5.74) is 0. The maximum Gasteiger partial charge on any atom is 0.0434 e. The summed E-state index contributed by atoms with van der Waals surface area (Å²) in [4.78, 5) is 0. The highest BCUT2D eigenvalue weighted by Gasteiger charge is 2.19. The Labute approximate surface area is 74.5 Å². The fourth-order valence-corrected chi connectivity index (χ4v) is 1.55. The van der Waals surface area contributed by atoms with Gasteiger partial charge in [-0.15, -0.1) is 5.92 Å². The normalized spacial score (nSPS) is 26.8. The molecule has 0 saturated carbocycles. The van der Waals surface area contributed by atoms with Gasteiger partial charge in [-0.05, 0) is 18.8 Å². The molecule has 0 unspecified atom stereocenters. The summed E-state index contributed by atoms with van der Waals surface area (Å²) in [5, 5.41) is 8.79. The van der Waals surface area contributed by atoms with Crippen molar-refractivity contribution in [2.75, 3.05) is 6.61 Å². The average molecular weight is 164 g/mol. The molecule has 0 aromatic heterocycles. The quantitative estimate of drug-likeness (QED) is 0.488. The van der Waals surface area contributed by atoms with Crippen LogP contribution in [0.15, 0.2) is 12.2 Å². The minimum absolute atomic E-state index is 0.288. The molecule has 0 amide bonds. The van der Waals surface area contributed by atoms with Gasteiger partial charge in [-0.1, -0.05) is 25.0 Å². The van der Waals surface area contributed by atoms with Gasteiger partial charge < -0.3 is 5.11 Å². The Kier molecular flexibility index (Phi) is 3.90. The van der Waals surface area contributed by atoms with Gasteiger partial charge in [-0.3, -0.25) is 0 Å². The van der Waals surface area contributed by atoms with Crippen molar-refractivity contribution in [2.24, 2.45) is 11.8 Å². The third kappa shape index (κ3) is 2.39. The largest absolute Gasteiger partial charge is 0.396 e. The SMILES string of the molecule is CCC#C[C@@H]1C=CC[C@@H]1CCO. The van der Waals surface area contributed by atoms with Gasteiger partial charge in [0, 0.05) is 18.9 Å². The molecule has 1 aliphatic rings. The lowest BCUT2D eigenvalue weighted by Crippen LogP contribution is -2.07. The number of hydrogen-bond acceptors (Lipinski definition) is 1. The number of aliphatic hydroxyl groups excluding tert-OH is 1. The monoisotopic (exact) mass is 164 g/mol. The highest BCUT2D eigenvalue weighted by molar-refractivity contribution is 5.16. The van der Waals surface area contributed by atoms with Crippen molar-refractivity contribution in [1.82, 2.24) is 0 Å². The van der Waals surface area contributed by atoms with E-state index >= 15 is 0 Å². The van der Waals surface area contributed by atoms with Crippen molar-refractivity contribution in [2.45, 2.75) is 26.2 Å². The van der Waals surface area contributed by atoms with E-state index in [1.807, 2.05) is 0 Å². The Hall–Kier alpha value is -0.740. The first kappa shape index (κ1) is 9.35. The van der Waals surface area contributed by atoms with E-state index < -0.39 is 0 Å². The smallest absolute Gasteiger partial charge is 0.0434 e. The zero-order valence-corrected chi connectivity index (χ0v) is 7.59. The second-order valence-electron chi connectivity index (χ2n) is 3.14. The van der Waals surface area contributed by atoms with Gasteiger partial charge >= 0.3 is 0 Å². The van der Waals surface area contributed by atoms with Crippen LogP contribution >= 0.6 is 0 Å². The van der Waals surface area contributed by atoms with Crippen LogP contribution in [0.3, 0.4) is 0 Å². The molecule has 1 aliphatic carbocycles. The van der Waals surface area contributed by atoms with Gasteiger partial charge in [0.25, 0.3) is 0 Å². The third-order valence-electron chi connectivity index (χ3n) is 2.24. The lowest BCUT2D eigenvalue weighted by Gasteiger charge is -2.11. The minimum Gasteiger partial charge on any atom is -0.396 e. The molecular weight excluding hydrogens is 148 g/mol. The van der Waals surface area contributed by atoms with E-state index in [1.165, 1.54) is 0 Å². The predicted molar refractivity (Wildman–Crippen MR) is 50.5 cm³/mol. The summed E-state index contributed by atoms with van der Waals surface area (Å²) in [5.74, 6) is 7.28. The Bertz CT molecular complexity index is 207. The molecule has 0 saturated heterocycles. The minimum atomic E-state index is 0.288. The zero-order valence-electron chi connectivity index (χ0n) is 7.59. The van der Waals surface area contributed by atoms with Crippen LogP contribution in [0, 0.1) is 23.7 Å². The first-order chi connectivity index (χ1) is 5.88. The molecule has 2 atom stereocenters. The molecule has 0 aliphatic heterocycles. The van der Waals surface area contributed by atoms with Crippen molar-refractivity contribution in [3.8, 4) is 11.8 Å². The summed E-state index contributed by atoms with van der Waals surface area (Å²) in [6.45, 7) is 2.35. The van der Waals surface area contributed by atoms with E-state index in [2.05, 4.69) is 30.9 Å². The van der Waals surface area contributed by atoms with E-state index in [1.54, 1.807) is 0 Å². The summed E-state index contributed by atoms with van der Waals surface area (Å²) < 4.78 is 0. The number of hydrogen-bond donors (Lipinski definition) is 1. The third-order valence-corrected chi connectivity index (χ3v) is 2.24. The lowest BCUT2D eigenvalue weighted by atomic mass is 9.93. The number of allylic oxidation sites excluding steroid dienone is 2. The second-order valence-corrected chi connectivity index (χ2v) is 3.14. The van der Waals surface area contributed by atoms with E-state index in [0.717, 1.165) is 19.3 Å². The Morgan fingerprint density at radius 1 is 1.58 bits per heavy atom. The summed E-state index contributed by atoms with van der Waals surface area (Å²) >= 11 is 0. The van der Waals surface area contributed by atoms with E-state index in [-0.39, 0.29) is 6.61 Å². The first-order valence-electron chi connectivity index (χ1n) is 4.64. The molecule has 0 aromatic rings. The summed E-state index contributed by atoms with van der Waals surface area (Å²) in [6.07, 6.45) is 7.24. The molecule has 12 heavy (non-hydrogen) atoms. The maximum absolute atomic E-state index is 8.79. The van der Waals surface area contributed by atoms with Crippen LogP contribution in [0.4, 0.5) is 0 Å². The van der Waals surface area contributed by atoms with Gasteiger partial charge in [0.1, 0.15) is 0 Å². The van der Waals surface area contributed by atoms with Crippen molar-refractivity contribution in [1.29, 1.82) is 0 Å². The first-order valence-corrected chi connectivity index (χ1v) is 4.64. The molecule has 1 rings (SSSR count). The predicted octanol–water partition coefficient (Wildman–Crippen LogP) is 1.97. The Morgan fingerprint density at radius 2 is 2.42 bits per heavy atom. The molecule has 1 N–H and O–H groups in total. The van der Waals surface area contributed by atoms with Crippen molar-refractivity contribution < 1.29 is 5.11 Å². The highest BCUT2D eigenvalue weighted by atomic mass is 16.3. The van der Waals surface area contributed by atoms with Crippen LogP contribution in [0.2, 0.25) is 0 Å². The van der Waals surface area contributed by atoms with Crippen molar-refractivity contribution in [3.05, 3.63) is 12.2 Å². The number of aliphatic hydroxyl groups is 1. The van der Waals surface area contributed by atoms with Gasteiger partial charge in [0.2, 0.25) is 0 Å². The van der Waals surface area contributed by atoms with Crippen LogP contribution in [0.5, 0.6) is 0 Å². The van der Waals surface area contributed by atoms with Gasteiger partial charge in [0.15, 0.2) is 0 Å². The van der Waals surface area contributed by atoms with Crippen molar-refractivity contribution >= 4 is 0 Å². The Morgan fingerprint density at radius 3 is 3.08 bits per heavy atom. The molecule has 0 aromatic carbocycles. The van der Waals surface area contributed by atoms with Crippen LogP contribution < -0.4 is 0 Å². The molecule has 1 nitrogen and oxygen atoms in total. The molecule has 0 bridgehead atoms. The number of rotatable bonds is 2. The topological polar surface area (TPSA) is 20.2 Å². The second kappa shape index (κ2) is 5.00.